The van der Waals surface area contributed by atoms with Crippen LogP contribution in [-0.2, 0) is 4.79 Å². The first-order chi connectivity index (χ1) is 17.9. The summed E-state index contributed by atoms with van der Waals surface area (Å²) >= 11 is 0. The fourth-order valence-electron chi connectivity index (χ4n) is 4.76. The van der Waals surface area contributed by atoms with Gasteiger partial charge >= 0.3 is 0 Å². The van der Waals surface area contributed by atoms with E-state index in [1.807, 2.05) is 0 Å². The maximum absolute atomic E-state index is 14.0. The lowest BCUT2D eigenvalue weighted by Crippen LogP contribution is -2.46. The lowest BCUT2D eigenvalue weighted by Gasteiger charge is -2.31. The van der Waals surface area contributed by atoms with Gasteiger partial charge in [-0.05, 0) is 54.1 Å². The Balaban J connectivity index is 1.60. The number of halogens is 1. The Kier molecular flexibility index (Phi) is 6.87. The van der Waals surface area contributed by atoms with Gasteiger partial charge in [-0.15, -0.1) is 0 Å². The lowest BCUT2D eigenvalue weighted by atomic mass is 9.99. The van der Waals surface area contributed by atoms with Crippen molar-refractivity contribution in [2.75, 3.05) is 43.5 Å². The van der Waals surface area contributed by atoms with Crippen LogP contribution in [0.3, 0.4) is 0 Å². The van der Waals surface area contributed by atoms with E-state index in [0.717, 1.165) is 13.1 Å². The number of anilines is 2. The monoisotopic (exact) mass is 502 g/mol. The molecule has 0 spiro atoms. The molecular formula is C28H27FN4O4. The van der Waals surface area contributed by atoms with Crippen molar-refractivity contribution < 1.29 is 23.5 Å². The smallest absolute Gasteiger partial charge is 0.259 e. The number of nitrogens with one attached hydrogen (secondary N) is 2. The molecule has 1 fully saturated rings. The highest BCUT2D eigenvalue weighted by Crippen LogP contribution is 2.40. The van der Waals surface area contributed by atoms with Crippen LogP contribution >= 0.6 is 0 Å². The fraction of sp³-hybridized carbons (Fsp3) is 0.250. The Morgan fingerprint density at radius 2 is 1.68 bits per heavy atom. The lowest BCUT2D eigenvalue weighted by molar-refractivity contribution is -0.116. The first-order valence-electron chi connectivity index (χ1n) is 12.1. The summed E-state index contributed by atoms with van der Waals surface area (Å²) < 4.78 is 19.0. The standard InChI is InChI=1S/C28H27FN4O4/c1-37-22-4-2-3-19(15-22)28(36)33-24-10-7-20(27(35)32-13-11-30-12-14-32)16-23(24)31-26(34)17-25(33)18-5-8-21(29)9-6-18/h2-10,15-16,25,30H,11-14,17H2,1H3,(H,31,34). The van der Waals surface area contributed by atoms with Gasteiger partial charge in [-0.1, -0.05) is 18.2 Å². The molecule has 37 heavy (non-hydrogen) atoms. The Morgan fingerprint density at radius 3 is 2.41 bits per heavy atom. The summed E-state index contributed by atoms with van der Waals surface area (Å²) in [5.74, 6) is -0.701. The van der Waals surface area contributed by atoms with Gasteiger partial charge in [-0.25, -0.2) is 4.39 Å². The van der Waals surface area contributed by atoms with Crippen LogP contribution in [0.5, 0.6) is 5.75 Å². The number of fused-ring (bicyclic) bond motifs is 1. The van der Waals surface area contributed by atoms with Gasteiger partial charge in [-0.3, -0.25) is 19.3 Å². The molecule has 0 aromatic heterocycles. The number of nitrogens with zero attached hydrogens (tertiary/aromatic N) is 2. The third kappa shape index (κ3) is 5.03. The topological polar surface area (TPSA) is 91.0 Å². The van der Waals surface area contributed by atoms with Gasteiger partial charge in [-0.2, -0.15) is 0 Å². The van der Waals surface area contributed by atoms with Crippen LogP contribution in [0.15, 0.2) is 66.7 Å². The molecule has 2 heterocycles. The largest absolute Gasteiger partial charge is 0.497 e. The summed E-state index contributed by atoms with van der Waals surface area (Å²) in [5, 5.41) is 6.10. The zero-order valence-corrected chi connectivity index (χ0v) is 20.4. The van der Waals surface area contributed by atoms with Gasteiger partial charge in [0, 0.05) is 37.3 Å². The predicted molar refractivity (Wildman–Crippen MR) is 137 cm³/mol. The van der Waals surface area contributed by atoms with Crippen molar-refractivity contribution in [1.29, 1.82) is 0 Å². The number of carbonyl (C=O) groups is 3. The molecule has 3 aromatic carbocycles. The Morgan fingerprint density at radius 1 is 0.946 bits per heavy atom. The quantitative estimate of drug-likeness (QED) is 0.569. The van der Waals surface area contributed by atoms with E-state index in [1.54, 1.807) is 59.5 Å². The second kappa shape index (κ2) is 10.4. The molecule has 8 nitrogen and oxygen atoms in total. The van der Waals surface area contributed by atoms with Gasteiger partial charge in [0.2, 0.25) is 5.91 Å². The first-order valence-corrected chi connectivity index (χ1v) is 12.1. The number of hydrogen-bond acceptors (Lipinski definition) is 5. The molecule has 0 bridgehead atoms. The van der Waals surface area contributed by atoms with Crippen molar-refractivity contribution >= 4 is 29.1 Å². The van der Waals surface area contributed by atoms with Crippen LogP contribution in [-0.4, -0.2) is 55.9 Å². The second-order valence-electron chi connectivity index (χ2n) is 9.00. The third-order valence-corrected chi connectivity index (χ3v) is 6.66. The number of rotatable bonds is 4. The molecular weight excluding hydrogens is 475 g/mol. The van der Waals surface area contributed by atoms with E-state index in [1.165, 1.54) is 24.1 Å². The molecule has 5 rings (SSSR count). The number of piperazine rings is 1. The zero-order chi connectivity index (χ0) is 25.9. The molecule has 1 saturated heterocycles. The zero-order valence-electron chi connectivity index (χ0n) is 20.4. The fourth-order valence-corrected chi connectivity index (χ4v) is 4.76. The second-order valence-corrected chi connectivity index (χ2v) is 9.00. The van der Waals surface area contributed by atoms with Crippen molar-refractivity contribution in [3.8, 4) is 5.75 Å². The van der Waals surface area contributed by atoms with E-state index in [9.17, 15) is 18.8 Å². The molecule has 1 atom stereocenters. The molecule has 0 radical (unpaired) electrons. The van der Waals surface area contributed by atoms with Crippen molar-refractivity contribution in [2.45, 2.75) is 12.5 Å². The summed E-state index contributed by atoms with van der Waals surface area (Å²) in [7, 11) is 1.52. The van der Waals surface area contributed by atoms with Gasteiger partial charge < -0.3 is 20.3 Å². The molecule has 190 valence electrons. The highest BCUT2D eigenvalue weighted by Gasteiger charge is 2.35. The molecule has 2 aliphatic heterocycles. The Labute approximate surface area is 214 Å². The van der Waals surface area contributed by atoms with Gasteiger partial charge in [0.15, 0.2) is 0 Å². The molecule has 2 N–H and O–H groups in total. The highest BCUT2D eigenvalue weighted by molar-refractivity contribution is 6.12. The molecule has 1 unspecified atom stereocenters. The average molecular weight is 503 g/mol. The first kappa shape index (κ1) is 24.5. The summed E-state index contributed by atoms with van der Waals surface area (Å²) in [6.07, 6.45) is -0.0445. The maximum Gasteiger partial charge on any atom is 0.259 e. The Bertz CT molecular complexity index is 1340. The van der Waals surface area contributed by atoms with Gasteiger partial charge in [0.05, 0.1) is 30.9 Å². The summed E-state index contributed by atoms with van der Waals surface area (Å²) in [6, 6.07) is 16.8. The molecule has 2 aliphatic rings. The molecule has 9 heteroatoms. The number of hydrogen-bond donors (Lipinski definition) is 2. The van der Waals surface area contributed by atoms with Crippen LogP contribution < -0.4 is 20.3 Å². The van der Waals surface area contributed by atoms with Gasteiger partial charge in [0.25, 0.3) is 11.8 Å². The average Bonchev–Trinajstić information content (AvgIpc) is 3.08. The molecule has 3 aromatic rings. The van der Waals surface area contributed by atoms with Gasteiger partial charge in [0.1, 0.15) is 11.6 Å². The maximum atomic E-state index is 14.0. The van der Waals surface area contributed by atoms with Crippen LogP contribution in [0.1, 0.15) is 38.7 Å². The number of ether oxygens (including phenoxy) is 1. The number of methoxy groups -OCH3 is 1. The van der Waals surface area contributed by atoms with E-state index in [2.05, 4.69) is 10.6 Å². The minimum atomic E-state index is -0.699. The van der Waals surface area contributed by atoms with E-state index in [4.69, 9.17) is 4.74 Å². The summed E-state index contributed by atoms with van der Waals surface area (Å²) in [4.78, 5) is 43.5. The van der Waals surface area contributed by atoms with Crippen molar-refractivity contribution in [1.82, 2.24) is 10.2 Å². The van der Waals surface area contributed by atoms with Crippen LogP contribution in [0.2, 0.25) is 0 Å². The number of benzene rings is 3. The van der Waals surface area contributed by atoms with Crippen LogP contribution in [0, 0.1) is 5.82 Å². The van der Waals surface area contributed by atoms with Crippen LogP contribution in [0.25, 0.3) is 0 Å². The molecule has 0 saturated carbocycles. The normalized spacial score (nSPS) is 17.5. The van der Waals surface area contributed by atoms with E-state index in [-0.39, 0.29) is 24.1 Å². The van der Waals surface area contributed by atoms with Crippen LogP contribution in [0.4, 0.5) is 15.8 Å². The number of amides is 3. The van der Waals surface area contributed by atoms with E-state index >= 15 is 0 Å². The minimum Gasteiger partial charge on any atom is -0.497 e. The van der Waals surface area contributed by atoms with Crippen molar-refractivity contribution in [2.24, 2.45) is 0 Å². The minimum absolute atomic E-state index is 0.0445. The molecule has 3 amide bonds. The van der Waals surface area contributed by atoms with E-state index in [0.29, 0.717) is 46.9 Å². The summed E-state index contributed by atoms with van der Waals surface area (Å²) in [6.45, 7) is 2.62. The number of carbonyl (C=O) groups excluding carboxylic acids is 3. The predicted octanol–water partition coefficient (Wildman–Crippen LogP) is 3.61. The van der Waals surface area contributed by atoms with Crippen molar-refractivity contribution in [3.05, 3.63) is 89.2 Å². The van der Waals surface area contributed by atoms with E-state index < -0.39 is 11.9 Å². The SMILES string of the molecule is COc1cccc(C(=O)N2c3ccc(C(=O)N4CCNCC4)cc3NC(=O)CC2c2ccc(F)cc2)c1. The third-order valence-electron chi connectivity index (χ3n) is 6.66. The highest BCUT2D eigenvalue weighted by atomic mass is 19.1. The molecule has 0 aliphatic carbocycles. The Hall–Kier alpha value is -4.24. The van der Waals surface area contributed by atoms with Crippen molar-refractivity contribution in [3.63, 3.8) is 0 Å². The summed E-state index contributed by atoms with van der Waals surface area (Å²) in [5.41, 5.74) is 2.22.